The van der Waals surface area contributed by atoms with Gasteiger partial charge >= 0.3 is 0 Å². The van der Waals surface area contributed by atoms with Crippen molar-refractivity contribution < 1.29 is 9.34 Å². The fraction of sp³-hybridized carbons (Fsp3) is 0.200. The molecule has 0 aliphatic carbocycles. The molecular weight excluding hydrogens is 406 g/mol. The second-order valence-electron chi connectivity index (χ2n) is 6.77. The van der Waals surface area contributed by atoms with Crippen LogP contribution in [0.25, 0.3) is 22.4 Å². The number of aromatic nitrogens is 4. The molecule has 0 radical (unpaired) electrons. The SMILES string of the molecule is CC(C)n1c(SCc2nnc(-c3ccc([N+](=O)[O-])cc3)o2)nc2ccccc2c1=O. The average molecular weight is 423 g/mol. The van der Waals surface area contributed by atoms with Gasteiger partial charge in [0, 0.05) is 23.7 Å². The smallest absolute Gasteiger partial charge is 0.269 e. The summed E-state index contributed by atoms with van der Waals surface area (Å²) in [5, 5.41) is 20.0. The van der Waals surface area contributed by atoms with E-state index in [0.29, 0.717) is 33.3 Å². The molecule has 4 aromatic rings. The van der Waals surface area contributed by atoms with E-state index in [-0.39, 0.29) is 23.2 Å². The predicted octanol–water partition coefficient (Wildman–Crippen LogP) is 4.23. The molecule has 2 aromatic carbocycles. The van der Waals surface area contributed by atoms with Gasteiger partial charge in [0.1, 0.15) is 0 Å². The van der Waals surface area contributed by atoms with Crippen molar-refractivity contribution in [3.63, 3.8) is 0 Å². The summed E-state index contributed by atoms with van der Waals surface area (Å²) in [6.45, 7) is 3.86. The maximum absolute atomic E-state index is 12.9. The standard InChI is InChI=1S/C20H17N5O4S/c1-12(2)24-19(26)15-5-3-4-6-16(15)21-20(24)30-11-17-22-23-18(29-17)13-7-9-14(10-8-13)25(27)28/h3-10,12H,11H2,1-2H3. The first kappa shape index (κ1) is 19.8. The normalized spacial score (nSPS) is 11.3. The lowest BCUT2D eigenvalue weighted by molar-refractivity contribution is -0.384. The van der Waals surface area contributed by atoms with Crippen molar-refractivity contribution in [1.82, 2.24) is 19.7 Å². The van der Waals surface area contributed by atoms with Crippen LogP contribution in [0.15, 0.2) is 62.9 Å². The minimum Gasteiger partial charge on any atom is -0.420 e. The average Bonchev–Trinajstić information content (AvgIpc) is 3.21. The molecular formula is C20H17N5O4S. The van der Waals surface area contributed by atoms with Gasteiger partial charge in [0.2, 0.25) is 11.8 Å². The molecule has 0 bridgehead atoms. The van der Waals surface area contributed by atoms with Gasteiger partial charge in [-0.15, -0.1) is 10.2 Å². The van der Waals surface area contributed by atoms with E-state index in [2.05, 4.69) is 15.2 Å². The Bertz CT molecular complexity index is 1280. The van der Waals surface area contributed by atoms with Crippen LogP contribution in [-0.4, -0.2) is 24.7 Å². The van der Waals surface area contributed by atoms with Gasteiger partial charge < -0.3 is 4.42 Å². The molecule has 0 fully saturated rings. The second-order valence-corrected chi connectivity index (χ2v) is 7.72. The number of nitro benzene ring substituents is 1. The Balaban J connectivity index is 1.58. The Morgan fingerprint density at radius 3 is 2.57 bits per heavy atom. The third kappa shape index (κ3) is 3.81. The molecule has 0 atom stereocenters. The largest absolute Gasteiger partial charge is 0.420 e. The number of para-hydroxylation sites is 1. The Kier molecular flexibility index (Phi) is 5.32. The van der Waals surface area contributed by atoms with Crippen LogP contribution in [0.1, 0.15) is 25.8 Å². The summed E-state index contributed by atoms with van der Waals surface area (Å²) < 4.78 is 7.34. The molecule has 2 aromatic heterocycles. The van der Waals surface area contributed by atoms with Crippen LogP contribution in [0, 0.1) is 10.1 Å². The monoisotopic (exact) mass is 423 g/mol. The molecule has 0 aliphatic rings. The number of non-ortho nitro benzene ring substituents is 1. The van der Waals surface area contributed by atoms with Gasteiger partial charge in [-0.25, -0.2) is 4.98 Å². The van der Waals surface area contributed by atoms with Crippen molar-refractivity contribution in [3.8, 4) is 11.5 Å². The molecule has 0 aliphatic heterocycles. The van der Waals surface area contributed by atoms with E-state index >= 15 is 0 Å². The van der Waals surface area contributed by atoms with E-state index < -0.39 is 4.92 Å². The van der Waals surface area contributed by atoms with Gasteiger partial charge in [-0.2, -0.15) is 0 Å². The predicted molar refractivity (Wildman–Crippen MR) is 112 cm³/mol. The van der Waals surface area contributed by atoms with E-state index in [4.69, 9.17) is 4.42 Å². The summed E-state index contributed by atoms with van der Waals surface area (Å²) in [6.07, 6.45) is 0. The first-order valence-corrected chi connectivity index (χ1v) is 10.1. The Morgan fingerprint density at radius 1 is 1.13 bits per heavy atom. The van der Waals surface area contributed by atoms with E-state index in [1.54, 1.807) is 22.8 Å². The third-order valence-electron chi connectivity index (χ3n) is 4.41. The highest BCUT2D eigenvalue weighted by atomic mass is 32.2. The van der Waals surface area contributed by atoms with Crippen molar-refractivity contribution in [3.05, 3.63) is 74.9 Å². The van der Waals surface area contributed by atoms with Crippen molar-refractivity contribution >= 4 is 28.4 Å². The lowest BCUT2D eigenvalue weighted by Gasteiger charge is -2.15. The first-order valence-electron chi connectivity index (χ1n) is 9.15. The number of hydrogen-bond donors (Lipinski definition) is 0. The Morgan fingerprint density at radius 2 is 1.87 bits per heavy atom. The molecule has 0 unspecified atom stereocenters. The van der Waals surface area contributed by atoms with Crippen LogP contribution in [0.3, 0.4) is 0 Å². The number of nitrogens with zero attached hydrogens (tertiary/aromatic N) is 5. The summed E-state index contributed by atoms with van der Waals surface area (Å²) in [4.78, 5) is 27.8. The zero-order chi connectivity index (χ0) is 21.3. The third-order valence-corrected chi connectivity index (χ3v) is 5.35. The molecule has 10 heteroatoms. The van der Waals surface area contributed by atoms with Gasteiger partial charge in [0.25, 0.3) is 11.2 Å². The van der Waals surface area contributed by atoms with Crippen LogP contribution in [0.2, 0.25) is 0 Å². The Labute approximate surface area is 174 Å². The van der Waals surface area contributed by atoms with Crippen molar-refractivity contribution in [2.75, 3.05) is 0 Å². The minimum atomic E-state index is -0.468. The van der Waals surface area contributed by atoms with Crippen LogP contribution >= 0.6 is 11.8 Å². The van der Waals surface area contributed by atoms with Gasteiger partial charge in [0.05, 0.1) is 21.6 Å². The highest BCUT2D eigenvalue weighted by molar-refractivity contribution is 7.98. The topological polar surface area (TPSA) is 117 Å². The van der Waals surface area contributed by atoms with Crippen molar-refractivity contribution in [2.24, 2.45) is 0 Å². The molecule has 9 nitrogen and oxygen atoms in total. The highest BCUT2D eigenvalue weighted by Crippen LogP contribution is 2.26. The summed E-state index contributed by atoms with van der Waals surface area (Å²) in [5.74, 6) is 0.969. The molecule has 0 saturated heterocycles. The number of thioether (sulfide) groups is 1. The van der Waals surface area contributed by atoms with Crippen molar-refractivity contribution in [1.29, 1.82) is 0 Å². The lowest BCUT2D eigenvalue weighted by Crippen LogP contribution is -2.25. The van der Waals surface area contributed by atoms with Gasteiger partial charge in [-0.3, -0.25) is 19.5 Å². The number of hydrogen-bond acceptors (Lipinski definition) is 8. The summed E-state index contributed by atoms with van der Waals surface area (Å²) >= 11 is 1.34. The molecule has 152 valence electrons. The molecule has 0 amide bonds. The number of rotatable bonds is 6. The summed E-state index contributed by atoms with van der Waals surface area (Å²) in [6, 6.07) is 13.1. The maximum Gasteiger partial charge on any atom is 0.269 e. The zero-order valence-corrected chi connectivity index (χ0v) is 17.0. The van der Waals surface area contributed by atoms with Gasteiger partial charge in [-0.05, 0) is 38.1 Å². The van der Waals surface area contributed by atoms with Gasteiger partial charge in [-0.1, -0.05) is 23.9 Å². The van der Waals surface area contributed by atoms with Crippen LogP contribution < -0.4 is 5.56 Å². The molecule has 4 rings (SSSR count). The fourth-order valence-corrected chi connectivity index (χ4v) is 3.93. The van der Waals surface area contributed by atoms with E-state index in [0.717, 1.165) is 0 Å². The quantitative estimate of drug-likeness (QED) is 0.196. The highest BCUT2D eigenvalue weighted by Gasteiger charge is 2.16. The molecule has 0 N–H and O–H groups in total. The van der Waals surface area contributed by atoms with Crippen molar-refractivity contribution in [2.45, 2.75) is 30.8 Å². The maximum atomic E-state index is 12.9. The lowest BCUT2D eigenvalue weighted by atomic mass is 10.2. The second kappa shape index (κ2) is 8.07. The van der Waals surface area contributed by atoms with E-state index in [9.17, 15) is 14.9 Å². The van der Waals surface area contributed by atoms with Crippen LogP contribution in [-0.2, 0) is 5.75 Å². The van der Waals surface area contributed by atoms with Crippen LogP contribution in [0.4, 0.5) is 5.69 Å². The zero-order valence-electron chi connectivity index (χ0n) is 16.2. The number of benzene rings is 2. The number of nitro groups is 1. The fourth-order valence-electron chi connectivity index (χ4n) is 2.96. The van der Waals surface area contributed by atoms with E-state index in [1.165, 1.54) is 23.9 Å². The molecule has 30 heavy (non-hydrogen) atoms. The molecule has 2 heterocycles. The van der Waals surface area contributed by atoms with E-state index in [1.807, 2.05) is 32.0 Å². The Hall–Kier alpha value is -3.53. The first-order chi connectivity index (χ1) is 14.4. The molecule has 0 spiro atoms. The van der Waals surface area contributed by atoms with Gasteiger partial charge in [0.15, 0.2) is 5.16 Å². The summed E-state index contributed by atoms with van der Waals surface area (Å²) in [7, 11) is 0. The molecule has 0 saturated carbocycles. The van der Waals surface area contributed by atoms with Crippen LogP contribution in [0.5, 0.6) is 0 Å². The minimum absolute atomic E-state index is 0.0110. The number of fused-ring (bicyclic) bond motifs is 1. The summed E-state index contributed by atoms with van der Waals surface area (Å²) in [5.41, 5.74) is 1.13.